The molecule has 1 N–H and O–H groups in total. The molecule has 2 aromatic heterocycles. The number of aromatic amines is 1. The first-order chi connectivity index (χ1) is 8.66. The lowest BCUT2D eigenvalue weighted by Crippen LogP contribution is -1.87. The van der Waals surface area contributed by atoms with Gasteiger partial charge in [-0.05, 0) is 40.2 Å². The lowest BCUT2D eigenvalue weighted by atomic mass is 10.1. The van der Waals surface area contributed by atoms with Crippen LogP contribution in [0.1, 0.15) is 0 Å². The summed E-state index contributed by atoms with van der Waals surface area (Å²) in [6.45, 7) is 0. The van der Waals surface area contributed by atoms with Crippen molar-refractivity contribution in [1.82, 2.24) is 15.0 Å². The Balaban J connectivity index is 2.32. The number of halogens is 3. The first-order valence-corrected chi connectivity index (χ1v) is 6.27. The average molecular weight is 327 g/mol. The molecule has 0 saturated heterocycles. The zero-order chi connectivity index (χ0) is 12.7. The first kappa shape index (κ1) is 11.6. The van der Waals surface area contributed by atoms with E-state index in [0.717, 1.165) is 10.9 Å². The molecule has 0 amide bonds. The summed E-state index contributed by atoms with van der Waals surface area (Å²) in [5.74, 6) is -0.282. The lowest BCUT2D eigenvalue weighted by Gasteiger charge is -2.02. The van der Waals surface area contributed by atoms with Gasteiger partial charge >= 0.3 is 0 Å². The molecule has 0 bridgehead atoms. The summed E-state index contributed by atoms with van der Waals surface area (Å²) in [5, 5.41) is 1.25. The Labute approximate surface area is 115 Å². The van der Waals surface area contributed by atoms with Crippen molar-refractivity contribution in [2.24, 2.45) is 0 Å². The second-order valence-corrected chi connectivity index (χ2v) is 4.88. The van der Waals surface area contributed by atoms with E-state index in [4.69, 9.17) is 11.6 Å². The standard InChI is InChI=1S/C12H6BrClFN3/c13-9-8-10(6-1-3-7(15)4-2-6)16-5-17-12(8)18-11(9)14/h1-5H,(H,16,17,18). The fourth-order valence-corrected chi connectivity index (χ4v) is 2.44. The highest BCUT2D eigenvalue weighted by molar-refractivity contribution is 9.10. The van der Waals surface area contributed by atoms with E-state index in [0.29, 0.717) is 21.0 Å². The summed E-state index contributed by atoms with van der Waals surface area (Å²) < 4.78 is 13.6. The van der Waals surface area contributed by atoms with E-state index in [1.54, 1.807) is 12.1 Å². The Hall–Kier alpha value is -1.46. The van der Waals surface area contributed by atoms with Crippen molar-refractivity contribution in [2.45, 2.75) is 0 Å². The van der Waals surface area contributed by atoms with Gasteiger partial charge in [-0.3, -0.25) is 0 Å². The van der Waals surface area contributed by atoms with Crippen LogP contribution in [0.25, 0.3) is 22.3 Å². The quantitative estimate of drug-likeness (QED) is 0.729. The lowest BCUT2D eigenvalue weighted by molar-refractivity contribution is 0.628. The van der Waals surface area contributed by atoms with Gasteiger partial charge in [0.05, 0.1) is 15.6 Å². The third-order valence-corrected chi connectivity index (χ3v) is 3.91. The molecule has 2 heterocycles. The third kappa shape index (κ3) is 1.79. The Bertz CT molecular complexity index is 724. The van der Waals surface area contributed by atoms with Crippen LogP contribution in [0.3, 0.4) is 0 Å². The molecular weight excluding hydrogens is 321 g/mol. The molecule has 0 atom stereocenters. The number of fused-ring (bicyclic) bond motifs is 1. The van der Waals surface area contributed by atoms with Crippen molar-refractivity contribution >= 4 is 38.6 Å². The molecule has 0 fully saturated rings. The summed E-state index contributed by atoms with van der Waals surface area (Å²) in [5.41, 5.74) is 2.15. The number of nitrogens with zero attached hydrogens (tertiary/aromatic N) is 2. The van der Waals surface area contributed by atoms with Crippen LogP contribution in [-0.2, 0) is 0 Å². The number of nitrogens with one attached hydrogen (secondary N) is 1. The maximum atomic E-state index is 12.9. The van der Waals surface area contributed by atoms with Gasteiger partial charge in [0.2, 0.25) is 0 Å². The van der Waals surface area contributed by atoms with Gasteiger partial charge in [0.1, 0.15) is 22.9 Å². The molecule has 3 aromatic rings. The molecule has 0 unspecified atom stereocenters. The van der Waals surface area contributed by atoms with Gasteiger partial charge in [-0.2, -0.15) is 0 Å². The van der Waals surface area contributed by atoms with Crippen LogP contribution in [0.2, 0.25) is 5.15 Å². The second-order valence-electron chi connectivity index (χ2n) is 3.71. The van der Waals surface area contributed by atoms with E-state index in [-0.39, 0.29) is 5.82 Å². The molecule has 0 aliphatic carbocycles. The number of H-pyrrole nitrogens is 1. The van der Waals surface area contributed by atoms with Crippen molar-refractivity contribution in [3.63, 3.8) is 0 Å². The van der Waals surface area contributed by atoms with Gasteiger partial charge in [0.25, 0.3) is 0 Å². The SMILES string of the molecule is Fc1ccc(-c2ncnc3[nH]c(Cl)c(Br)c23)cc1. The third-order valence-electron chi connectivity index (χ3n) is 2.61. The minimum Gasteiger partial charge on any atom is -0.329 e. The summed E-state index contributed by atoms with van der Waals surface area (Å²) in [6.07, 6.45) is 1.44. The van der Waals surface area contributed by atoms with Crippen molar-refractivity contribution in [3.8, 4) is 11.3 Å². The molecule has 6 heteroatoms. The average Bonchev–Trinajstić information content (AvgIpc) is 2.66. The monoisotopic (exact) mass is 325 g/mol. The first-order valence-electron chi connectivity index (χ1n) is 5.10. The van der Waals surface area contributed by atoms with Crippen LogP contribution in [-0.4, -0.2) is 15.0 Å². The van der Waals surface area contributed by atoms with Crippen molar-refractivity contribution < 1.29 is 4.39 Å². The van der Waals surface area contributed by atoms with Crippen LogP contribution < -0.4 is 0 Å². The zero-order valence-electron chi connectivity index (χ0n) is 8.92. The van der Waals surface area contributed by atoms with Gasteiger partial charge in [-0.1, -0.05) is 11.6 Å². The van der Waals surface area contributed by atoms with Crippen LogP contribution in [0.4, 0.5) is 4.39 Å². The highest BCUT2D eigenvalue weighted by atomic mass is 79.9. The van der Waals surface area contributed by atoms with Crippen LogP contribution in [0.15, 0.2) is 35.1 Å². The topological polar surface area (TPSA) is 41.6 Å². The maximum absolute atomic E-state index is 12.9. The zero-order valence-corrected chi connectivity index (χ0v) is 11.3. The predicted molar refractivity (Wildman–Crippen MR) is 72.0 cm³/mol. The molecule has 3 rings (SSSR count). The number of aromatic nitrogens is 3. The van der Waals surface area contributed by atoms with Gasteiger partial charge in [-0.15, -0.1) is 0 Å². The van der Waals surface area contributed by atoms with Gasteiger partial charge in [0.15, 0.2) is 0 Å². The molecule has 90 valence electrons. The molecule has 0 radical (unpaired) electrons. The fraction of sp³-hybridized carbons (Fsp3) is 0. The molecule has 0 aliphatic rings. The summed E-state index contributed by atoms with van der Waals surface area (Å²) in [7, 11) is 0. The summed E-state index contributed by atoms with van der Waals surface area (Å²) in [6, 6.07) is 6.13. The van der Waals surface area contributed by atoms with E-state index >= 15 is 0 Å². The van der Waals surface area contributed by atoms with Crippen LogP contribution >= 0.6 is 27.5 Å². The molecule has 0 saturated carbocycles. The smallest absolute Gasteiger partial charge is 0.143 e. The van der Waals surface area contributed by atoms with E-state index in [1.165, 1.54) is 18.5 Å². The Morgan fingerprint density at radius 1 is 1.17 bits per heavy atom. The normalized spacial score (nSPS) is 11.1. The van der Waals surface area contributed by atoms with Gasteiger partial charge in [-0.25, -0.2) is 14.4 Å². The Kier molecular flexibility index (Phi) is 2.80. The highest BCUT2D eigenvalue weighted by Crippen LogP contribution is 2.35. The number of benzene rings is 1. The van der Waals surface area contributed by atoms with Crippen molar-refractivity contribution in [1.29, 1.82) is 0 Å². The van der Waals surface area contributed by atoms with E-state index in [1.807, 2.05) is 0 Å². The summed E-state index contributed by atoms with van der Waals surface area (Å²) >= 11 is 9.40. The highest BCUT2D eigenvalue weighted by Gasteiger charge is 2.14. The molecule has 1 aromatic carbocycles. The van der Waals surface area contributed by atoms with Crippen LogP contribution in [0.5, 0.6) is 0 Å². The summed E-state index contributed by atoms with van der Waals surface area (Å²) in [4.78, 5) is 11.3. The Morgan fingerprint density at radius 3 is 2.61 bits per heavy atom. The Morgan fingerprint density at radius 2 is 1.89 bits per heavy atom. The van der Waals surface area contributed by atoms with Crippen LogP contribution in [0, 0.1) is 5.82 Å². The number of rotatable bonds is 1. The molecule has 0 aliphatic heterocycles. The van der Waals surface area contributed by atoms with Crippen molar-refractivity contribution in [2.75, 3.05) is 0 Å². The minimum absolute atomic E-state index is 0.282. The second kappa shape index (κ2) is 4.33. The largest absolute Gasteiger partial charge is 0.329 e. The van der Waals surface area contributed by atoms with Crippen molar-refractivity contribution in [3.05, 3.63) is 46.0 Å². The van der Waals surface area contributed by atoms with E-state index in [2.05, 4.69) is 30.9 Å². The van der Waals surface area contributed by atoms with Gasteiger partial charge < -0.3 is 4.98 Å². The van der Waals surface area contributed by atoms with Gasteiger partial charge in [0, 0.05) is 5.56 Å². The molecular formula is C12H6BrClFN3. The number of hydrogen-bond donors (Lipinski definition) is 1. The van der Waals surface area contributed by atoms with E-state index in [9.17, 15) is 4.39 Å². The van der Waals surface area contributed by atoms with E-state index < -0.39 is 0 Å². The molecule has 3 nitrogen and oxygen atoms in total. The number of hydrogen-bond acceptors (Lipinski definition) is 2. The maximum Gasteiger partial charge on any atom is 0.143 e. The predicted octanol–water partition coefficient (Wildman–Crippen LogP) is 4.18. The molecule has 18 heavy (non-hydrogen) atoms. The minimum atomic E-state index is -0.282. The fourth-order valence-electron chi connectivity index (χ4n) is 1.78. The molecule has 0 spiro atoms.